The van der Waals surface area contributed by atoms with Gasteiger partial charge in [0.05, 0.1) is 49.0 Å². The van der Waals surface area contributed by atoms with Crippen molar-refractivity contribution < 1.29 is 14.0 Å². The molecular formula is C28H24Cl2N6O3S2. The summed E-state index contributed by atoms with van der Waals surface area (Å²) in [4.78, 5) is 8.35. The summed E-state index contributed by atoms with van der Waals surface area (Å²) in [5, 5.41) is 11.1. The van der Waals surface area contributed by atoms with E-state index < -0.39 is 11.2 Å². The summed E-state index contributed by atoms with van der Waals surface area (Å²) in [7, 11) is 3.24. The molecule has 9 nitrogen and oxygen atoms in total. The van der Waals surface area contributed by atoms with Crippen molar-refractivity contribution >= 4 is 57.2 Å². The zero-order valence-corrected chi connectivity index (χ0v) is 25.6. The van der Waals surface area contributed by atoms with Crippen molar-refractivity contribution in [2.75, 3.05) is 26.7 Å². The molecule has 6 aromatic rings. The monoisotopic (exact) mass is 626 g/mol. The lowest BCUT2D eigenvalue weighted by Crippen LogP contribution is -2.08. The molecule has 0 aliphatic carbocycles. The first-order valence-corrected chi connectivity index (χ1v) is 15.6. The first kappa shape index (κ1) is 29.0. The highest BCUT2D eigenvalue weighted by Gasteiger charge is 2.16. The molecular weight excluding hydrogens is 603 g/mol. The fourth-order valence-electron chi connectivity index (χ4n) is 4.17. The van der Waals surface area contributed by atoms with Crippen molar-refractivity contribution in [3.8, 4) is 34.0 Å². The van der Waals surface area contributed by atoms with Crippen LogP contribution in [0.1, 0.15) is 0 Å². The van der Waals surface area contributed by atoms with Crippen LogP contribution >= 0.6 is 35.0 Å². The Morgan fingerprint density at radius 3 is 1.76 bits per heavy atom. The molecule has 0 aliphatic rings. The van der Waals surface area contributed by atoms with E-state index in [0.717, 1.165) is 44.5 Å². The van der Waals surface area contributed by atoms with E-state index >= 15 is 0 Å². The van der Waals surface area contributed by atoms with Crippen molar-refractivity contribution in [1.82, 2.24) is 29.2 Å². The van der Waals surface area contributed by atoms with Gasteiger partial charge in [0.15, 0.2) is 0 Å². The number of thioether (sulfide) groups is 1. The average molecular weight is 628 g/mol. The van der Waals surface area contributed by atoms with Crippen LogP contribution in [0.4, 0.5) is 0 Å². The maximum Gasteiger partial charge on any atom is 0.359 e. The number of methoxy groups -OCH3 is 2. The van der Waals surface area contributed by atoms with Gasteiger partial charge in [-0.15, -0.1) is 5.10 Å². The third-order valence-electron chi connectivity index (χ3n) is 6.07. The molecule has 4 aromatic heterocycles. The smallest absolute Gasteiger partial charge is 0.359 e. The van der Waals surface area contributed by atoms with Crippen molar-refractivity contribution in [1.29, 1.82) is 0 Å². The van der Waals surface area contributed by atoms with Crippen LogP contribution in [-0.2, 0) is 11.2 Å². The Balaban J connectivity index is 0.000000165. The van der Waals surface area contributed by atoms with E-state index in [1.807, 2.05) is 59.3 Å². The topological polar surface area (TPSA) is 102 Å². The summed E-state index contributed by atoms with van der Waals surface area (Å²) < 4.78 is 25.9. The maximum atomic E-state index is 11.6. The van der Waals surface area contributed by atoms with E-state index in [0.29, 0.717) is 15.8 Å². The molecule has 6 rings (SSSR count). The van der Waals surface area contributed by atoms with Crippen molar-refractivity contribution in [2.24, 2.45) is 0 Å². The number of rotatable bonds is 6. The molecule has 0 saturated carbocycles. The second kappa shape index (κ2) is 12.6. The van der Waals surface area contributed by atoms with E-state index in [1.165, 1.54) is 11.8 Å². The predicted molar refractivity (Wildman–Crippen MR) is 164 cm³/mol. The van der Waals surface area contributed by atoms with Gasteiger partial charge in [0.25, 0.3) is 0 Å². The molecule has 0 spiro atoms. The highest BCUT2D eigenvalue weighted by molar-refractivity contribution is 7.98. The Bertz CT molecular complexity index is 1840. The number of fused-ring (bicyclic) bond motifs is 2. The van der Waals surface area contributed by atoms with Crippen LogP contribution in [0.2, 0.25) is 10.0 Å². The van der Waals surface area contributed by atoms with Gasteiger partial charge in [-0.3, -0.25) is 0 Å². The third-order valence-corrected chi connectivity index (χ3v) is 7.79. The Morgan fingerprint density at radius 1 is 0.756 bits per heavy atom. The largest absolute Gasteiger partial charge is 0.609 e. The number of benzene rings is 2. The summed E-state index contributed by atoms with van der Waals surface area (Å²) in [6, 6.07) is 18.7. The number of aromatic nitrogens is 6. The van der Waals surface area contributed by atoms with Gasteiger partial charge in [-0.25, -0.2) is 14.0 Å². The maximum absolute atomic E-state index is 11.6. The highest BCUT2D eigenvalue weighted by Crippen LogP contribution is 2.34. The van der Waals surface area contributed by atoms with E-state index in [4.69, 9.17) is 32.7 Å². The molecule has 1 atom stereocenters. The van der Waals surface area contributed by atoms with E-state index in [9.17, 15) is 4.55 Å². The fraction of sp³-hybridized carbons (Fsp3) is 0.143. The van der Waals surface area contributed by atoms with Crippen molar-refractivity contribution in [3.63, 3.8) is 0 Å². The summed E-state index contributed by atoms with van der Waals surface area (Å²) in [5.41, 5.74) is 5.19. The molecule has 0 aliphatic heterocycles. The predicted octanol–water partition coefficient (Wildman–Crippen LogP) is 6.58. The van der Waals surface area contributed by atoms with Gasteiger partial charge in [-0.05, 0) is 66.9 Å². The molecule has 210 valence electrons. The molecule has 41 heavy (non-hydrogen) atoms. The molecule has 13 heteroatoms. The van der Waals surface area contributed by atoms with Crippen LogP contribution in [0.5, 0.6) is 11.5 Å². The van der Waals surface area contributed by atoms with Gasteiger partial charge in [0.1, 0.15) is 17.8 Å². The van der Waals surface area contributed by atoms with Crippen LogP contribution in [-0.4, -0.2) is 60.5 Å². The SMILES string of the molecule is COc1ccc(Cl)cc1-c1ccc2cnc(SC)nn12.COc1ccc(Cl)cc1-c1ccc2cnc([S+](C)[O-])nn12. The third kappa shape index (κ3) is 6.09. The van der Waals surface area contributed by atoms with E-state index in [2.05, 4.69) is 20.2 Å². The average Bonchev–Trinajstić information content (AvgIpc) is 3.61. The van der Waals surface area contributed by atoms with Crippen LogP contribution in [0, 0.1) is 0 Å². The van der Waals surface area contributed by atoms with Crippen LogP contribution in [0.15, 0.2) is 83.4 Å². The molecule has 0 N–H and O–H groups in total. The number of halogens is 2. The second-order valence-corrected chi connectivity index (χ2v) is 11.5. The van der Waals surface area contributed by atoms with Gasteiger partial charge >= 0.3 is 5.16 Å². The fourth-order valence-corrected chi connectivity index (χ4v) is 5.23. The zero-order chi connectivity index (χ0) is 29.1. The summed E-state index contributed by atoms with van der Waals surface area (Å²) in [6.07, 6.45) is 6.94. The van der Waals surface area contributed by atoms with Crippen LogP contribution in [0.3, 0.4) is 0 Å². The highest BCUT2D eigenvalue weighted by atomic mass is 35.5. The van der Waals surface area contributed by atoms with Gasteiger partial charge in [-0.1, -0.05) is 40.1 Å². The lowest BCUT2D eigenvalue weighted by atomic mass is 10.1. The molecule has 0 amide bonds. The first-order chi connectivity index (χ1) is 19.8. The number of hydrogen-bond acceptors (Lipinski definition) is 8. The Hall–Kier alpha value is -3.48. The second-order valence-electron chi connectivity index (χ2n) is 8.54. The van der Waals surface area contributed by atoms with Gasteiger partial charge < -0.3 is 14.0 Å². The Morgan fingerprint density at radius 2 is 1.27 bits per heavy atom. The molecule has 1 unspecified atom stereocenters. The zero-order valence-electron chi connectivity index (χ0n) is 22.4. The number of hydrogen-bond donors (Lipinski definition) is 0. The van der Waals surface area contributed by atoms with E-state index in [1.54, 1.807) is 49.5 Å². The van der Waals surface area contributed by atoms with Crippen LogP contribution < -0.4 is 9.47 Å². The van der Waals surface area contributed by atoms with Gasteiger partial charge in [0.2, 0.25) is 5.16 Å². The molecule has 0 bridgehead atoms. The summed E-state index contributed by atoms with van der Waals surface area (Å²) in [6.45, 7) is 0. The number of ether oxygens (including phenoxy) is 2. The molecule has 0 fully saturated rings. The van der Waals surface area contributed by atoms with E-state index in [-0.39, 0.29) is 5.16 Å². The van der Waals surface area contributed by atoms with Gasteiger partial charge in [0, 0.05) is 32.3 Å². The van der Waals surface area contributed by atoms with Crippen molar-refractivity contribution in [3.05, 3.63) is 83.1 Å². The number of nitrogens with zero attached hydrogens (tertiary/aromatic N) is 6. The molecule has 4 heterocycles. The molecule has 0 radical (unpaired) electrons. The summed E-state index contributed by atoms with van der Waals surface area (Å²) in [5.74, 6) is 1.45. The van der Waals surface area contributed by atoms with Crippen molar-refractivity contribution in [2.45, 2.75) is 10.3 Å². The Kier molecular flexibility index (Phi) is 8.91. The lowest BCUT2D eigenvalue weighted by molar-refractivity contribution is 0.416. The molecule has 2 aromatic carbocycles. The minimum atomic E-state index is -1.25. The Labute approximate surface area is 253 Å². The normalized spacial score (nSPS) is 11.8. The summed E-state index contributed by atoms with van der Waals surface area (Å²) >= 11 is 12.4. The first-order valence-electron chi connectivity index (χ1n) is 12.1. The quantitative estimate of drug-likeness (QED) is 0.151. The van der Waals surface area contributed by atoms with Crippen LogP contribution in [0.25, 0.3) is 33.5 Å². The minimum absolute atomic E-state index is 0.279. The minimum Gasteiger partial charge on any atom is -0.609 e. The molecule has 0 saturated heterocycles. The van der Waals surface area contributed by atoms with Gasteiger partial charge in [-0.2, -0.15) is 4.98 Å². The lowest BCUT2D eigenvalue weighted by Gasteiger charge is -2.09. The standard InChI is InChI=1S/C14H12ClN3O2S.C14H12ClN3OS/c1-20-13-6-3-9(15)7-11(13)12-5-4-10-8-16-14(21(2)19)17-18(10)12;1-19-13-6-3-9(15)7-11(13)12-5-4-10-8-16-14(20-2)17-18(10)12/h3-8H,1-2H3;3-8H,1-2H3.